The van der Waals surface area contributed by atoms with Crippen LogP contribution in [0.1, 0.15) is 19.8 Å². The van der Waals surface area contributed by atoms with E-state index < -0.39 is 0 Å². The Hall–Kier alpha value is 0.120. The normalized spacial score (nSPS) is 27.8. The van der Waals surface area contributed by atoms with E-state index in [0.717, 1.165) is 12.8 Å². The Kier molecular flexibility index (Phi) is 5.11. The van der Waals surface area contributed by atoms with Crippen molar-refractivity contribution in [3.8, 4) is 0 Å². The van der Waals surface area contributed by atoms with Crippen molar-refractivity contribution < 1.29 is 14.6 Å². The zero-order chi connectivity index (χ0) is 10.6. The number of nitrogens with zero attached hydrogens (tertiary/aromatic N) is 1. The second kappa shape index (κ2) is 5.87. The molecule has 1 N–H and O–H groups in total. The fourth-order valence-electron chi connectivity index (χ4n) is 1.83. The first-order valence-electron chi connectivity index (χ1n) is 4.77. The van der Waals surface area contributed by atoms with Crippen LogP contribution in [-0.4, -0.2) is 45.8 Å². The van der Waals surface area contributed by atoms with E-state index in [2.05, 4.69) is 22.6 Å². The number of likely N-dealkylation sites (tertiary alicyclic amines) is 1. The highest BCUT2D eigenvalue weighted by Gasteiger charge is 2.28. The molecule has 1 saturated heterocycles. The Morgan fingerprint density at radius 3 is 2.93 bits per heavy atom. The van der Waals surface area contributed by atoms with Crippen LogP contribution in [0.15, 0.2) is 0 Å². The number of ether oxygens (including phenoxy) is 1. The first-order chi connectivity index (χ1) is 6.69. The molecule has 14 heavy (non-hydrogen) atoms. The molecule has 0 unspecified atom stereocenters. The third-order valence-corrected chi connectivity index (χ3v) is 2.94. The number of carbonyl (C=O) groups excluding carboxylic acids is 1. The molecule has 0 aromatic heterocycles. The molecule has 82 valence electrons. The summed E-state index contributed by atoms with van der Waals surface area (Å²) in [7, 11) is 0. The average molecular weight is 313 g/mol. The molecule has 1 amide bonds. The van der Waals surface area contributed by atoms with Gasteiger partial charge in [0.2, 0.25) is 5.91 Å². The highest BCUT2D eigenvalue weighted by atomic mass is 127. The summed E-state index contributed by atoms with van der Waals surface area (Å²) in [6.07, 6.45) is 2.01. The van der Waals surface area contributed by atoms with Crippen molar-refractivity contribution in [2.24, 2.45) is 0 Å². The van der Waals surface area contributed by atoms with Crippen molar-refractivity contribution in [1.82, 2.24) is 4.90 Å². The lowest BCUT2D eigenvalue weighted by molar-refractivity contribution is -0.139. The van der Waals surface area contributed by atoms with Gasteiger partial charge in [0.15, 0.2) is 0 Å². The van der Waals surface area contributed by atoms with E-state index in [0.29, 0.717) is 11.2 Å². The Morgan fingerprint density at radius 1 is 1.71 bits per heavy atom. The molecule has 0 aliphatic carbocycles. The van der Waals surface area contributed by atoms with Gasteiger partial charge in [-0.15, -0.1) is 0 Å². The predicted octanol–water partition coefficient (Wildman–Crippen LogP) is 0.767. The molecule has 0 spiro atoms. The lowest BCUT2D eigenvalue weighted by atomic mass is 10.0. The van der Waals surface area contributed by atoms with Gasteiger partial charge in [0.25, 0.3) is 0 Å². The molecule has 1 aliphatic rings. The van der Waals surface area contributed by atoms with Gasteiger partial charge >= 0.3 is 0 Å². The first kappa shape index (κ1) is 12.2. The quantitative estimate of drug-likeness (QED) is 0.618. The van der Waals surface area contributed by atoms with Gasteiger partial charge in [0.1, 0.15) is 6.61 Å². The molecule has 0 aromatic rings. The van der Waals surface area contributed by atoms with Gasteiger partial charge in [-0.1, -0.05) is 22.6 Å². The minimum absolute atomic E-state index is 0.176. The van der Waals surface area contributed by atoms with Crippen LogP contribution >= 0.6 is 22.6 Å². The number of amides is 1. The molecule has 1 fully saturated rings. The fraction of sp³-hybridized carbons (Fsp3) is 0.889. The molecule has 1 aliphatic heterocycles. The van der Waals surface area contributed by atoms with Crippen molar-refractivity contribution >= 4 is 28.5 Å². The minimum Gasteiger partial charge on any atom is -0.387 e. The summed E-state index contributed by atoms with van der Waals surface area (Å²) >= 11 is 2.18. The Balaban J connectivity index is 2.43. The molecule has 0 saturated carbocycles. The number of hydrogen-bond acceptors (Lipinski definition) is 3. The smallest absolute Gasteiger partial charge is 0.248 e. The van der Waals surface area contributed by atoms with Crippen LogP contribution in [0, 0.1) is 0 Å². The van der Waals surface area contributed by atoms with Crippen LogP contribution in [0.25, 0.3) is 0 Å². The van der Waals surface area contributed by atoms with Crippen LogP contribution < -0.4 is 0 Å². The molecular weight excluding hydrogens is 297 g/mol. The van der Waals surface area contributed by atoms with Crippen LogP contribution in [-0.2, 0) is 9.53 Å². The van der Waals surface area contributed by atoms with Crippen molar-refractivity contribution in [2.75, 3.05) is 17.8 Å². The van der Waals surface area contributed by atoms with Crippen LogP contribution in [0.4, 0.5) is 0 Å². The second-order valence-corrected chi connectivity index (χ2v) is 4.14. The maximum Gasteiger partial charge on any atom is 0.248 e. The van der Waals surface area contributed by atoms with E-state index in [4.69, 9.17) is 9.84 Å². The molecular formula is C9H16INO3. The summed E-state index contributed by atoms with van der Waals surface area (Å²) in [6, 6.07) is 0.177. The fourth-order valence-corrected chi connectivity index (χ4v) is 2.34. The van der Waals surface area contributed by atoms with Crippen molar-refractivity contribution in [3.05, 3.63) is 0 Å². The SMILES string of the molecule is C[C@H]1C[C@H](OCI)CCN1C(=O)CO. The second-order valence-electron chi connectivity index (χ2n) is 3.52. The first-order valence-corrected chi connectivity index (χ1v) is 6.29. The van der Waals surface area contributed by atoms with Crippen molar-refractivity contribution in [1.29, 1.82) is 0 Å². The number of alkyl halides is 1. The van der Waals surface area contributed by atoms with Gasteiger partial charge in [0, 0.05) is 12.6 Å². The van der Waals surface area contributed by atoms with E-state index in [1.807, 2.05) is 6.92 Å². The van der Waals surface area contributed by atoms with E-state index in [9.17, 15) is 4.79 Å². The maximum absolute atomic E-state index is 11.3. The molecule has 5 heteroatoms. The summed E-state index contributed by atoms with van der Waals surface area (Å²) in [5.41, 5.74) is 0. The van der Waals surface area contributed by atoms with Crippen molar-refractivity contribution in [3.63, 3.8) is 0 Å². The zero-order valence-electron chi connectivity index (χ0n) is 8.28. The summed E-state index contributed by atoms with van der Waals surface area (Å²) in [6.45, 7) is 2.31. The number of hydrogen-bond donors (Lipinski definition) is 1. The number of aliphatic hydroxyl groups is 1. The molecule has 0 aromatic carbocycles. The average Bonchev–Trinajstić information content (AvgIpc) is 2.17. The molecule has 1 heterocycles. The lowest BCUT2D eigenvalue weighted by Crippen LogP contribution is -2.47. The Morgan fingerprint density at radius 2 is 2.43 bits per heavy atom. The van der Waals surface area contributed by atoms with Crippen LogP contribution in [0.2, 0.25) is 0 Å². The van der Waals surface area contributed by atoms with E-state index in [1.54, 1.807) is 4.90 Å². The third kappa shape index (κ3) is 3.06. The monoisotopic (exact) mass is 313 g/mol. The molecule has 0 bridgehead atoms. The van der Waals surface area contributed by atoms with E-state index >= 15 is 0 Å². The summed E-state index contributed by atoms with van der Waals surface area (Å²) in [5, 5.41) is 8.75. The number of halogens is 1. The van der Waals surface area contributed by atoms with Gasteiger partial charge in [-0.25, -0.2) is 0 Å². The number of carbonyl (C=O) groups is 1. The molecule has 1 rings (SSSR count). The maximum atomic E-state index is 11.3. The number of piperidine rings is 1. The Labute approximate surface area is 97.7 Å². The van der Waals surface area contributed by atoms with Gasteiger partial charge in [0.05, 0.1) is 10.7 Å². The largest absolute Gasteiger partial charge is 0.387 e. The standard InChI is InChI=1S/C9H16INO3/c1-7-4-8(14-6-10)2-3-11(7)9(13)5-12/h7-8,12H,2-6H2,1H3/t7-,8+/m0/s1. The van der Waals surface area contributed by atoms with Gasteiger partial charge < -0.3 is 14.7 Å². The summed E-state index contributed by atoms with van der Waals surface area (Å²) in [5.74, 6) is -0.176. The minimum atomic E-state index is -0.387. The highest BCUT2D eigenvalue weighted by molar-refractivity contribution is 14.1. The third-order valence-electron chi connectivity index (χ3n) is 2.58. The number of rotatable bonds is 3. The van der Waals surface area contributed by atoms with Gasteiger partial charge in [-0.2, -0.15) is 0 Å². The van der Waals surface area contributed by atoms with E-state index in [1.165, 1.54) is 0 Å². The predicted molar refractivity (Wildman–Crippen MR) is 61.3 cm³/mol. The van der Waals surface area contributed by atoms with Gasteiger partial charge in [-0.05, 0) is 19.8 Å². The molecule has 0 radical (unpaired) electrons. The van der Waals surface area contributed by atoms with E-state index in [-0.39, 0.29) is 24.7 Å². The molecule has 4 nitrogen and oxygen atoms in total. The van der Waals surface area contributed by atoms with Crippen LogP contribution in [0.5, 0.6) is 0 Å². The summed E-state index contributed by atoms with van der Waals surface area (Å²) in [4.78, 5) is 13.0. The van der Waals surface area contributed by atoms with Gasteiger partial charge in [-0.3, -0.25) is 4.79 Å². The van der Waals surface area contributed by atoms with Crippen LogP contribution in [0.3, 0.4) is 0 Å². The lowest BCUT2D eigenvalue weighted by Gasteiger charge is -2.37. The summed E-state index contributed by atoms with van der Waals surface area (Å²) < 4.78 is 6.20. The zero-order valence-corrected chi connectivity index (χ0v) is 10.4. The number of aliphatic hydroxyl groups excluding tert-OH is 1. The van der Waals surface area contributed by atoms with Crippen molar-refractivity contribution in [2.45, 2.75) is 31.9 Å². The topological polar surface area (TPSA) is 49.8 Å². The molecule has 2 atom stereocenters. The highest BCUT2D eigenvalue weighted by Crippen LogP contribution is 2.20. The Bertz CT molecular complexity index is 200.